The molecule has 2 aromatic carbocycles. The number of non-ortho nitro benzene ring substituents is 1. The second-order valence-corrected chi connectivity index (χ2v) is 7.89. The van der Waals surface area contributed by atoms with Crippen LogP contribution in [0, 0.1) is 10.1 Å². The standard InChI is InChI=1S/C16H15N4O8P.BrH/c1-19(16(29(26,27)28)8-3-2-4-10(21)5-8)12-7-9(20(24)25)6-11-13(12)18-15(23)14(22)17-11;/h2-7,16,21H,1H3,(H,17,22)(H,18,23)(H2,26,27,28);1H. The molecule has 0 fully saturated rings. The maximum atomic E-state index is 12.2. The van der Waals surface area contributed by atoms with Gasteiger partial charge in [-0.1, -0.05) is 12.1 Å². The normalized spacial score (nSPS) is 12.2. The lowest BCUT2D eigenvalue weighted by molar-refractivity contribution is -0.384. The summed E-state index contributed by atoms with van der Waals surface area (Å²) in [5.41, 5.74) is -2.77. The van der Waals surface area contributed by atoms with Crippen molar-refractivity contribution in [2.75, 3.05) is 11.9 Å². The first-order valence-electron chi connectivity index (χ1n) is 8.01. The molecular weight excluding hydrogens is 487 g/mol. The number of phenols is 1. The third-order valence-corrected chi connectivity index (χ3v) is 5.52. The third kappa shape index (κ3) is 4.44. The van der Waals surface area contributed by atoms with E-state index in [0.717, 1.165) is 23.1 Å². The van der Waals surface area contributed by atoms with Crippen molar-refractivity contribution < 1.29 is 24.4 Å². The number of fused-ring (bicyclic) bond motifs is 1. The molecule has 0 amide bonds. The first-order chi connectivity index (χ1) is 13.5. The zero-order valence-electron chi connectivity index (χ0n) is 15.2. The highest BCUT2D eigenvalue weighted by molar-refractivity contribution is 8.93. The Morgan fingerprint density at radius 1 is 1.13 bits per heavy atom. The van der Waals surface area contributed by atoms with Gasteiger partial charge < -0.3 is 29.8 Å². The van der Waals surface area contributed by atoms with E-state index in [9.17, 15) is 39.2 Å². The summed E-state index contributed by atoms with van der Waals surface area (Å²) in [6.07, 6.45) is 0. The number of nitro benzene ring substituents is 1. The summed E-state index contributed by atoms with van der Waals surface area (Å²) < 4.78 is 12.2. The highest BCUT2D eigenvalue weighted by atomic mass is 79.9. The van der Waals surface area contributed by atoms with Gasteiger partial charge in [0.05, 0.1) is 21.6 Å². The number of H-pyrrole nitrogens is 2. The number of hydrogen-bond donors (Lipinski definition) is 5. The molecule has 3 rings (SSSR count). The number of nitro groups is 1. The molecular formula is C16H16BrN4O8P. The molecule has 160 valence electrons. The number of rotatable bonds is 5. The molecule has 1 heterocycles. The van der Waals surface area contributed by atoms with E-state index in [2.05, 4.69) is 9.97 Å². The van der Waals surface area contributed by atoms with E-state index in [0.29, 0.717) is 0 Å². The van der Waals surface area contributed by atoms with Crippen molar-refractivity contribution in [2.45, 2.75) is 5.78 Å². The van der Waals surface area contributed by atoms with E-state index in [4.69, 9.17) is 0 Å². The number of anilines is 1. The molecule has 14 heteroatoms. The molecule has 0 saturated heterocycles. The zero-order valence-corrected chi connectivity index (χ0v) is 17.8. The minimum Gasteiger partial charge on any atom is -0.508 e. The number of halogens is 1. The Hall–Kier alpha value is -2.99. The van der Waals surface area contributed by atoms with Gasteiger partial charge in [-0.2, -0.15) is 0 Å². The van der Waals surface area contributed by atoms with E-state index >= 15 is 0 Å². The monoisotopic (exact) mass is 502 g/mol. The van der Waals surface area contributed by atoms with Crippen molar-refractivity contribution >= 4 is 47.0 Å². The van der Waals surface area contributed by atoms with E-state index in [1.807, 2.05) is 0 Å². The van der Waals surface area contributed by atoms with Gasteiger partial charge in [-0.05, 0) is 17.7 Å². The molecule has 0 spiro atoms. The van der Waals surface area contributed by atoms with Crippen molar-refractivity contribution in [3.8, 4) is 5.75 Å². The van der Waals surface area contributed by atoms with Gasteiger partial charge in [-0.25, -0.2) is 0 Å². The van der Waals surface area contributed by atoms with Crippen LogP contribution < -0.4 is 16.0 Å². The number of aromatic nitrogens is 2. The molecule has 3 aromatic rings. The van der Waals surface area contributed by atoms with E-state index in [-0.39, 0.29) is 45.0 Å². The van der Waals surface area contributed by atoms with Crippen LogP contribution in [0.25, 0.3) is 11.0 Å². The van der Waals surface area contributed by atoms with Crippen molar-refractivity contribution in [3.05, 3.63) is 72.8 Å². The van der Waals surface area contributed by atoms with Crippen LogP contribution in [0.1, 0.15) is 11.3 Å². The molecule has 0 aliphatic carbocycles. The second-order valence-electron chi connectivity index (χ2n) is 6.22. The van der Waals surface area contributed by atoms with Gasteiger partial charge >= 0.3 is 18.7 Å². The largest absolute Gasteiger partial charge is 0.508 e. The van der Waals surface area contributed by atoms with E-state index < -0.39 is 35.1 Å². The number of aromatic amines is 2. The maximum Gasteiger partial charge on any atom is 0.352 e. The van der Waals surface area contributed by atoms with Gasteiger partial charge in [0.15, 0.2) is 5.78 Å². The molecule has 5 N–H and O–H groups in total. The van der Waals surface area contributed by atoms with Gasteiger partial charge in [-0.15, -0.1) is 17.0 Å². The number of nitrogens with zero attached hydrogens (tertiary/aromatic N) is 2. The molecule has 30 heavy (non-hydrogen) atoms. The van der Waals surface area contributed by atoms with Gasteiger partial charge in [0.2, 0.25) is 0 Å². The Bertz CT molecular complexity index is 1280. The fraction of sp³-hybridized carbons (Fsp3) is 0.125. The summed E-state index contributed by atoms with van der Waals surface area (Å²) in [4.78, 5) is 59.3. The van der Waals surface area contributed by atoms with Crippen LogP contribution >= 0.6 is 24.6 Å². The van der Waals surface area contributed by atoms with Gasteiger partial charge in [0.25, 0.3) is 5.69 Å². The Morgan fingerprint density at radius 2 is 1.77 bits per heavy atom. The topological polar surface area (TPSA) is 190 Å². The Balaban J connectivity index is 0.00000320. The SMILES string of the molecule is Br.CN(c1cc([N+](=O)[O-])cc2[nH]c(=O)c(=O)[nH]c12)C(c1cccc(O)c1)P(=O)(O)O. The van der Waals surface area contributed by atoms with Crippen LogP contribution in [0.2, 0.25) is 0 Å². The summed E-state index contributed by atoms with van der Waals surface area (Å²) in [6, 6.07) is 7.23. The summed E-state index contributed by atoms with van der Waals surface area (Å²) >= 11 is 0. The predicted octanol–water partition coefficient (Wildman–Crippen LogP) is 1.72. The molecule has 1 unspecified atom stereocenters. The Kier molecular flexibility index (Phi) is 6.52. The highest BCUT2D eigenvalue weighted by Gasteiger charge is 2.36. The lowest BCUT2D eigenvalue weighted by atomic mass is 10.1. The molecule has 0 bridgehead atoms. The first kappa shape index (κ1) is 23.3. The fourth-order valence-corrected chi connectivity index (χ4v) is 4.16. The van der Waals surface area contributed by atoms with Crippen LogP contribution in [0.15, 0.2) is 46.0 Å². The predicted molar refractivity (Wildman–Crippen MR) is 113 cm³/mol. The number of phenolic OH excluding ortho intramolecular Hbond substituents is 1. The third-order valence-electron chi connectivity index (χ3n) is 4.24. The Morgan fingerprint density at radius 3 is 2.33 bits per heavy atom. The van der Waals surface area contributed by atoms with Crippen molar-refractivity contribution in [3.63, 3.8) is 0 Å². The van der Waals surface area contributed by atoms with Crippen molar-refractivity contribution in [1.29, 1.82) is 0 Å². The van der Waals surface area contributed by atoms with Crippen LogP contribution in [-0.4, -0.2) is 36.8 Å². The maximum absolute atomic E-state index is 12.2. The zero-order chi connectivity index (χ0) is 21.5. The smallest absolute Gasteiger partial charge is 0.352 e. The number of benzene rings is 2. The van der Waals surface area contributed by atoms with Gasteiger partial charge in [0, 0.05) is 19.2 Å². The van der Waals surface area contributed by atoms with Crippen molar-refractivity contribution in [2.24, 2.45) is 0 Å². The number of nitrogens with one attached hydrogen (secondary N) is 2. The lowest BCUT2D eigenvalue weighted by Crippen LogP contribution is -2.30. The summed E-state index contributed by atoms with van der Waals surface area (Å²) in [5.74, 6) is -1.88. The van der Waals surface area contributed by atoms with Crippen LogP contribution in [-0.2, 0) is 4.57 Å². The summed E-state index contributed by atoms with van der Waals surface area (Å²) in [6.45, 7) is 0. The van der Waals surface area contributed by atoms with E-state index in [1.54, 1.807) is 0 Å². The van der Waals surface area contributed by atoms with E-state index in [1.165, 1.54) is 25.2 Å². The van der Waals surface area contributed by atoms with Gasteiger partial charge in [0.1, 0.15) is 5.75 Å². The van der Waals surface area contributed by atoms with Gasteiger partial charge in [-0.3, -0.25) is 24.3 Å². The molecule has 0 saturated carbocycles. The van der Waals surface area contributed by atoms with Crippen LogP contribution in [0.4, 0.5) is 11.4 Å². The molecule has 1 atom stereocenters. The summed E-state index contributed by atoms with van der Waals surface area (Å²) in [7, 11) is -3.64. The molecule has 1 aromatic heterocycles. The average molecular weight is 503 g/mol. The molecule has 0 aliphatic rings. The first-order valence-corrected chi connectivity index (χ1v) is 9.69. The lowest BCUT2D eigenvalue weighted by Gasteiger charge is -2.31. The summed E-state index contributed by atoms with van der Waals surface area (Å²) in [5, 5.41) is 21.0. The van der Waals surface area contributed by atoms with Crippen LogP contribution in [0.5, 0.6) is 5.75 Å². The second kappa shape index (κ2) is 8.40. The minimum atomic E-state index is -4.90. The average Bonchev–Trinajstić information content (AvgIpc) is 2.60. The van der Waals surface area contributed by atoms with Crippen molar-refractivity contribution in [1.82, 2.24) is 9.97 Å². The van der Waals surface area contributed by atoms with Crippen LogP contribution in [0.3, 0.4) is 0 Å². The highest BCUT2D eigenvalue weighted by Crippen LogP contribution is 2.55. The number of aromatic hydroxyl groups is 1. The molecule has 12 nitrogen and oxygen atoms in total. The molecule has 0 aliphatic heterocycles. The molecule has 0 radical (unpaired) electrons. The fourth-order valence-electron chi connectivity index (χ4n) is 3.04. The quantitative estimate of drug-likeness (QED) is 0.149. The number of hydrogen-bond acceptors (Lipinski definition) is 7. The Labute approximate surface area is 177 Å². The minimum absolute atomic E-state index is 0.